The number of aromatic nitrogens is 1. The minimum atomic E-state index is 0.774. The van der Waals surface area contributed by atoms with E-state index in [-0.39, 0.29) is 0 Å². The van der Waals surface area contributed by atoms with Crippen LogP contribution < -0.4 is 0 Å². The Kier molecular flexibility index (Phi) is 3.66. The quantitative estimate of drug-likeness (QED) is 0.808. The molecule has 3 heteroatoms. The molecule has 0 saturated heterocycles. The number of nitrogens with zero attached hydrogens (tertiary/aromatic N) is 1. The molecule has 0 saturated carbocycles. The Morgan fingerprint density at radius 1 is 1.25 bits per heavy atom. The van der Waals surface area contributed by atoms with Gasteiger partial charge in [-0.05, 0) is 18.9 Å². The van der Waals surface area contributed by atoms with Gasteiger partial charge in [-0.15, -0.1) is 11.3 Å². The maximum Gasteiger partial charge on any atom is 0.123 e. The molecule has 0 atom stereocenters. The SMILES string of the molecule is CCc1ccc(-c2nc(C)c(CS)s2)cc1. The fourth-order valence-corrected chi connectivity index (χ4v) is 2.93. The van der Waals surface area contributed by atoms with E-state index in [4.69, 9.17) is 0 Å². The third-order valence-electron chi connectivity index (χ3n) is 2.65. The van der Waals surface area contributed by atoms with Gasteiger partial charge in [-0.25, -0.2) is 4.98 Å². The molecular weight excluding hydrogens is 234 g/mol. The van der Waals surface area contributed by atoms with E-state index in [1.54, 1.807) is 11.3 Å². The van der Waals surface area contributed by atoms with Crippen LogP contribution in [0.4, 0.5) is 0 Å². The predicted octanol–water partition coefficient (Wildman–Crippen LogP) is 4.11. The molecule has 0 spiro atoms. The third kappa shape index (κ3) is 2.30. The van der Waals surface area contributed by atoms with Crippen molar-refractivity contribution < 1.29 is 0 Å². The summed E-state index contributed by atoms with van der Waals surface area (Å²) in [6.07, 6.45) is 1.08. The highest BCUT2D eigenvalue weighted by Crippen LogP contribution is 2.28. The Balaban J connectivity index is 2.34. The smallest absolute Gasteiger partial charge is 0.123 e. The van der Waals surface area contributed by atoms with Crippen LogP contribution in [0.15, 0.2) is 24.3 Å². The lowest BCUT2D eigenvalue weighted by Crippen LogP contribution is -1.81. The van der Waals surface area contributed by atoms with Gasteiger partial charge in [-0.1, -0.05) is 31.2 Å². The highest BCUT2D eigenvalue weighted by Gasteiger charge is 2.07. The molecule has 1 aromatic carbocycles. The van der Waals surface area contributed by atoms with Crippen molar-refractivity contribution in [2.75, 3.05) is 0 Å². The van der Waals surface area contributed by atoms with Crippen molar-refractivity contribution in [2.24, 2.45) is 0 Å². The fraction of sp³-hybridized carbons (Fsp3) is 0.308. The lowest BCUT2D eigenvalue weighted by molar-refractivity contribution is 1.14. The summed E-state index contributed by atoms with van der Waals surface area (Å²) in [5.74, 6) is 0.774. The average Bonchev–Trinajstić information content (AvgIpc) is 2.71. The number of rotatable bonds is 3. The van der Waals surface area contributed by atoms with Crippen LogP contribution in [-0.2, 0) is 12.2 Å². The monoisotopic (exact) mass is 249 g/mol. The molecular formula is C13H15NS2. The van der Waals surface area contributed by atoms with Gasteiger partial charge < -0.3 is 0 Å². The van der Waals surface area contributed by atoms with Gasteiger partial charge in [0.15, 0.2) is 0 Å². The molecule has 1 heterocycles. The summed E-state index contributed by atoms with van der Waals surface area (Å²) < 4.78 is 0. The summed E-state index contributed by atoms with van der Waals surface area (Å²) in [6.45, 7) is 4.22. The summed E-state index contributed by atoms with van der Waals surface area (Å²) >= 11 is 6.05. The summed E-state index contributed by atoms with van der Waals surface area (Å²) in [6, 6.07) is 8.65. The van der Waals surface area contributed by atoms with Gasteiger partial charge in [-0.3, -0.25) is 0 Å². The van der Waals surface area contributed by atoms with Crippen molar-refractivity contribution in [3.05, 3.63) is 40.4 Å². The van der Waals surface area contributed by atoms with E-state index in [9.17, 15) is 0 Å². The van der Waals surface area contributed by atoms with E-state index in [1.807, 2.05) is 6.92 Å². The second-order valence-electron chi connectivity index (χ2n) is 3.74. The van der Waals surface area contributed by atoms with Gasteiger partial charge in [0.1, 0.15) is 5.01 Å². The van der Waals surface area contributed by atoms with Crippen LogP contribution in [0.25, 0.3) is 10.6 Å². The normalized spacial score (nSPS) is 10.7. The molecule has 0 unspecified atom stereocenters. The number of thiol groups is 1. The minimum Gasteiger partial charge on any atom is -0.241 e. The summed E-state index contributed by atoms with van der Waals surface area (Å²) in [5, 5.41) is 1.10. The molecule has 84 valence electrons. The molecule has 0 fully saturated rings. The van der Waals surface area contributed by atoms with Crippen LogP contribution in [0.1, 0.15) is 23.1 Å². The molecule has 1 aromatic heterocycles. The topological polar surface area (TPSA) is 12.9 Å². The van der Waals surface area contributed by atoms with Crippen LogP contribution in [0, 0.1) is 6.92 Å². The molecule has 1 nitrogen and oxygen atoms in total. The van der Waals surface area contributed by atoms with Crippen LogP contribution in [0.2, 0.25) is 0 Å². The van der Waals surface area contributed by atoms with E-state index in [0.29, 0.717) is 0 Å². The maximum absolute atomic E-state index is 4.58. The molecule has 0 amide bonds. The molecule has 2 aromatic rings. The third-order valence-corrected chi connectivity index (χ3v) is 4.38. The van der Waals surface area contributed by atoms with Crippen LogP contribution in [0.3, 0.4) is 0 Å². The minimum absolute atomic E-state index is 0.774. The van der Waals surface area contributed by atoms with Crippen molar-refractivity contribution in [3.8, 4) is 10.6 Å². The maximum atomic E-state index is 4.58. The Morgan fingerprint density at radius 3 is 2.44 bits per heavy atom. The van der Waals surface area contributed by atoms with E-state index in [1.165, 1.54) is 16.0 Å². The first-order valence-electron chi connectivity index (χ1n) is 5.41. The fourth-order valence-electron chi connectivity index (χ4n) is 1.58. The Morgan fingerprint density at radius 2 is 1.94 bits per heavy atom. The largest absolute Gasteiger partial charge is 0.241 e. The van der Waals surface area contributed by atoms with Crippen molar-refractivity contribution >= 4 is 24.0 Å². The molecule has 2 rings (SSSR count). The Bertz CT molecular complexity index is 471. The second kappa shape index (κ2) is 5.02. The van der Waals surface area contributed by atoms with Gasteiger partial charge in [0, 0.05) is 16.2 Å². The molecule has 0 aliphatic carbocycles. The second-order valence-corrected chi connectivity index (χ2v) is 5.14. The van der Waals surface area contributed by atoms with Gasteiger partial charge in [0.05, 0.1) is 5.69 Å². The summed E-state index contributed by atoms with van der Waals surface area (Å²) in [4.78, 5) is 5.84. The summed E-state index contributed by atoms with van der Waals surface area (Å²) in [7, 11) is 0. The molecule has 0 N–H and O–H groups in total. The van der Waals surface area contributed by atoms with E-state index >= 15 is 0 Å². The zero-order valence-corrected chi connectivity index (χ0v) is 11.2. The van der Waals surface area contributed by atoms with Gasteiger partial charge in [0.25, 0.3) is 0 Å². The van der Waals surface area contributed by atoms with Crippen LogP contribution >= 0.6 is 24.0 Å². The highest BCUT2D eigenvalue weighted by molar-refractivity contribution is 7.79. The lowest BCUT2D eigenvalue weighted by Gasteiger charge is -1.98. The van der Waals surface area contributed by atoms with Crippen LogP contribution in [-0.4, -0.2) is 4.98 Å². The Hall–Kier alpha value is -0.800. The Labute approximate surface area is 106 Å². The number of hydrogen-bond donors (Lipinski definition) is 1. The zero-order valence-electron chi connectivity index (χ0n) is 9.53. The number of hydrogen-bond acceptors (Lipinski definition) is 3. The first-order valence-corrected chi connectivity index (χ1v) is 6.86. The van der Waals surface area contributed by atoms with Gasteiger partial charge >= 0.3 is 0 Å². The molecule has 0 bridgehead atoms. The summed E-state index contributed by atoms with van der Waals surface area (Å²) in [5.41, 5.74) is 3.68. The lowest BCUT2D eigenvalue weighted by atomic mass is 10.1. The number of aryl methyl sites for hydroxylation is 2. The zero-order chi connectivity index (χ0) is 11.5. The average molecular weight is 249 g/mol. The predicted molar refractivity (Wildman–Crippen MR) is 74.4 cm³/mol. The number of thiazole rings is 1. The van der Waals surface area contributed by atoms with E-state index < -0.39 is 0 Å². The molecule has 16 heavy (non-hydrogen) atoms. The molecule has 0 aliphatic heterocycles. The first kappa shape index (κ1) is 11.7. The van der Waals surface area contributed by atoms with E-state index in [2.05, 4.69) is 48.8 Å². The molecule has 0 radical (unpaired) electrons. The van der Waals surface area contributed by atoms with Crippen molar-refractivity contribution in [1.82, 2.24) is 4.98 Å². The van der Waals surface area contributed by atoms with Crippen molar-refractivity contribution in [1.29, 1.82) is 0 Å². The van der Waals surface area contributed by atoms with Gasteiger partial charge in [-0.2, -0.15) is 12.6 Å². The van der Waals surface area contributed by atoms with Gasteiger partial charge in [0.2, 0.25) is 0 Å². The highest BCUT2D eigenvalue weighted by atomic mass is 32.1. The van der Waals surface area contributed by atoms with Crippen LogP contribution in [0.5, 0.6) is 0 Å². The first-order chi connectivity index (χ1) is 7.74. The van der Waals surface area contributed by atoms with Crippen molar-refractivity contribution in [3.63, 3.8) is 0 Å². The van der Waals surface area contributed by atoms with Crippen molar-refractivity contribution in [2.45, 2.75) is 26.0 Å². The standard InChI is InChI=1S/C13H15NS2/c1-3-10-4-6-11(7-5-10)13-14-9(2)12(8-15)16-13/h4-7,15H,3,8H2,1-2H3. The number of benzene rings is 1. The van der Waals surface area contributed by atoms with E-state index in [0.717, 1.165) is 22.9 Å². The molecule has 0 aliphatic rings.